The fourth-order valence-electron chi connectivity index (χ4n) is 3.89. The van der Waals surface area contributed by atoms with Crippen LogP contribution >= 0.6 is 23.2 Å². The molecule has 0 amide bonds. The maximum Gasteiger partial charge on any atom is 0.256 e. The number of alkyl halides is 1. The highest BCUT2D eigenvalue weighted by molar-refractivity contribution is 7.89. The molecule has 7 heteroatoms. The van der Waals surface area contributed by atoms with Gasteiger partial charge in [0.15, 0.2) is 0 Å². The number of hydrogen-bond donors (Lipinski definition) is 0. The Bertz CT molecular complexity index is 1090. The Morgan fingerprint density at radius 3 is 2.03 bits per heavy atom. The quantitative estimate of drug-likeness (QED) is 0.525. The molecule has 0 saturated carbocycles. The number of halogens is 2. The van der Waals surface area contributed by atoms with E-state index in [1.807, 2.05) is 60.7 Å². The molecule has 4 rings (SSSR count). The Kier molecular flexibility index (Phi) is 5.44. The molecule has 2 unspecified atom stereocenters. The van der Waals surface area contributed by atoms with Crippen molar-refractivity contribution in [1.29, 1.82) is 0 Å². The van der Waals surface area contributed by atoms with Crippen LogP contribution in [-0.2, 0) is 14.9 Å². The zero-order chi connectivity index (χ0) is 20.6. The van der Waals surface area contributed by atoms with E-state index in [-0.39, 0.29) is 4.90 Å². The van der Waals surface area contributed by atoms with Gasteiger partial charge in [-0.05, 0) is 35.4 Å². The van der Waals surface area contributed by atoms with E-state index in [0.29, 0.717) is 11.6 Å². The van der Waals surface area contributed by atoms with Gasteiger partial charge in [0.2, 0.25) is 0 Å². The molecule has 0 radical (unpaired) electrons. The molecule has 0 bridgehead atoms. The van der Waals surface area contributed by atoms with Crippen LogP contribution in [0.4, 0.5) is 0 Å². The predicted octanol–water partition coefficient (Wildman–Crippen LogP) is 5.07. The number of rotatable bonds is 4. The summed E-state index contributed by atoms with van der Waals surface area (Å²) in [5.74, 6) is 0. The topological polar surface area (TPSA) is 40.6 Å². The molecule has 1 aliphatic heterocycles. The molecular weight excluding hydrogens is 427 g/mol. The SMILES string of the molecule is CN1CC(Cl)(c2ccccc2)C(c2ccccc2)N1S(=O)(=O)c1ccc(Cl)cc1. The molecule has 0 aromatic heterocycles. The van der Waals surface area contributed by atoms with Gasteiger partial charge in [-0.15, -0.1) is 16.0 Å². The second-order valence-electron chi connectivity index (χ2n) is 7.09. The maximum atomic E-state index is 13.6. The van der Waals surface area contributed by atoms with Crippen LogP contribution in [0, 0.1) is 0 Å². The van der Waals surface area contributed by atoms with Crippen molar-refractivity contribution < 1.29 is 8.42 Å². The smallest absolute Gasteiger partial charge is 0.228 e. The van der Waals surface area contributed by atoms with Gasteiger partial charge in [0.05, 0.1) is 10.9 Å². The average molecular weight is 447 g/mol. The Balaban J connectivity index is 1.90. The van der Waals surface area contributed by atoms with E-state index in [9.17, 15) is 8.42 Å². The molecule has 0 spiro atoms. The van der Waals surface area contributed by atoms with Gasteiger partial charge in [-0.25, -0.2) is 13.4 Å². The summed E-state index contributed by atoms with van der Waals surface area (Å²) < 4.78 is 28.7. The van der Waals surface area contributed by atoms with Crippen LogP contribution in [0.1, 0.15) is 17.2 Å². The minimum absolute atomic E-state index is 0.170. The van der Waals surface area contributed by atoms with Crippen LogP contribution in [0.15, 0.2) is 89.8 Å². The minimum Gasteiger partial charge on any atom is -0.228 e. The molecule has 1 heterocycles. The van der Waals surface area contributed by atoms with E-state index in [2.05, 4.69) is 0 Å². The minimum atomic E-state index is -3.86. The van der Waals surface area contributed by atoms with Crippen molar-refractivity contribution in [3.63, 3.8) is 0 Å². The normalized spacial score (nSPS) is 23.3. The number of likely N-dealkylation sites (N-methyl/N-ethyl adjacent to an activating group) is 1. The van der Waals surface area contributed by atoms with Gasteiger partial charge in [-0.3, -0.25) is 0 Å². The lowest BCUT2D eigenvalue weighted by Crippen LogP contribution is -2.40. The second kappa shape index (κ2) is 7.74. The fraction of sp³-hybridized carbons (Fsp3) is 0.182. The molecular formula is C22H20Cl2N2O2S. The van der Waals surface area contributed by atoms with E-state index >= 15 is 0 Å². The lowest BCUT2D eigenvalue weighted by molar-refractivity contribution is 0.124. The van der Waals surface area contributed by atoms with Crippen LogP contribution in [0.25, 0.3) is 0 Å². The third-order valence-corrected chi connectivity index (χ3v) is 7.82. The lowest BCUT2D eigenvalue weighted by atomic mass is 9.88. The van der Waals surface area contributed by atoms with Gasteiger partial charge < -0.3 is 0 Å². The molecule has 4 nitrogen and oxygen atoms in total. The van der Waals surface area contributed by atoms with E-state index in [4.69, 9.17) is 23.2 Å². The molecule has 1 aliphatic rings. The highest BCUT2D eigenvalue weighted by Crippen LogP contribution is 2.52. The summed E-state index contributed by atoms with van der Waals surface area (Å²) in [5.41, 5.74) is 1.70. The molecule has 2 atom stereocenters. The van der Waals surface area contributed by atoms with Crippen molar-refractivity contribution in [2.24, 2.45) is 0 Å². The summed E-state index contributed by atoms with van der Waals surface area (Å²) in [7, 11) is -2.12. The summed E-state index contributed by atoms with van der Waals surface area (Å²) in [4.78, 5) is -0.778. The maximum absolute atomic E-state index is 13.6. The highest BCUT2D eigenvalue weighted by Gasteiger charge is 2.55. The van der Waals surface area contributed by atoms with E-state index in [1.54, 1.807) is 24.2 Å². The average Bonchev–Trinajstić information content (AvgIpc) is 3.02. The van der Waals surface area contributed by atoms with Crippen LogP contribution in [0.2, 0.25) is 5.02 Å². The molecule has 0 aliphatic carbocycles. The molecule has 1 fully saturated rings. The number of nitrogens with zero attached hydrogens (tertiary/aromatic N) is 2. The predicted molar refractivity (Wildman–Crippen MR) is 116 cm³/mol. The van der Waals surface area contributed by atoms with Crippen LogP contribution in [-0.4, -0.2) is 31.4 Å². The van der Waals surface area contributed by atoms with Gasteiger partial charge in [0, 0.05) is 18.6 Å². The van der Waals surface area contributed by atoms with Crippen molar-refractivity contribution in [1.82, 2.24) is 9.42 Å². The molecule has 3 aromatic carbocycles. The standard InChI is InChI=1S/C22H20Cl2N2O2S/c1-25-16-22(24,18-10-6-3-7-11-18)21(17-8-4-2-5-9-17)26(25)29(27,28)20-14-12-19(23)13-15-20/h2-15,21H,16H2,1H3. The zero-order valence-corrected chi connectivity index (χ0v) is 18.1. The Labute approximate surface area is 181 Å². The summed E-state index contributed by atoms with van der Waals surface area (Å²) in [6.45, 7) is 0.338. The monoisotopic (exact) mass is 446 g/mol. The van der Waals surface area contributed by atoms with Crippen molar-refractivity contribution in [3.05, 3.63) is 101 Å². The van der Waals surface area contributed by atoms with Gasteiger partial charge in [0.1, 0.15) is 4.87 Å². The third-order valence-electron chi connectivity index (χ3n) is 5.18. The van der Waals surface area contributed by atoms with Gasteiger partial charge in [-0.1, -0.05) is 72.3 Å². The van der Waals surface area contributed by atoms with E-state index in [0.717, 1.165) is 11.1 Å². The highest BCUT2D eigenvalue weighted by atomic mass is 35.5. The Hall–Kier alpha value is -1.89. The van der Waals surface area contributed by atoms with Crippen LogP contribution < -0.4 is 0 Å². The summed E-state index contributed by atoms with van der Waals surface area (Å²) in [5, 5.41) is 2.16. The van der Waals surface area contributed by atoms with E-state index < -0.39 is 20.9 Å². The number of hydrazine groups is 1. The number of sulfonamides is 1. The molecule has 3 aromatic rings. The summed E-state index contributed by atoms with van der Waals surface area (Å²) in [6, 6.07) is 24.7. The van der Waals surface area contributed by atoms with Gasteiger partial charge in [0.25, 0.3) is 10.0 Å². The Morgan fingerprint density at radius 1 is 0.897 bits per heavy atom. The molecule has 29 heavy (non-hydrogen) atoms. The first-order valence-electron chi connectivity index (χ1n) is 9.14. The van der Waals surface area contributed by atoms with Crippen molar-refractivity contribution in [2.45, 2.75) is 15.8 Å². The largest absolute Gasteiger partial charge is 0.256 e. The first-order chi connectivity index (χ1) is 13.8. The van der Waals surface area contributed by atoms with Crippen molar-refractivity contribution in [3.8, 4) is 0 Å². The first kappa shape index (κ1) is 20.4. The number of hydrogen-bond acceptors (Lipinski definition) is 3. The summed E-state index contributed by atoms with van der Waals surface area (Å²) in [6.07, 6.45) is 0. The molecule has 150 valence electrons. The molecule has 0 N–H and O–H groups in total. The van der Waals surface area contributed by atoms with E-state index in [1.165, 1.54) is 16.5 Å². The van der Waals surface area contributed by atoms with Crippen LogP contribution in [0.5, 0.6) is 0 Å². The summed E-state index contributed by atoms with van der Waals surface area (Å²) >= 11 is 13.2. The van der Waals surface area contributed by atoms with Gasteiger partial charge in [-0.2, -0.15) is 0 Å². The number of benzene rings is 3. The van der Waals surface area contributed by atoms with Crippen molar-refractivity contribution >= 4 is 33.2 Å². The second-order valence-corrected chi connectivity index (χ2v) is 10.00. The fourth-order valence-corrected chi connectivity index (χ4v) is 6.29. The molecule has 1 saturated heterocycles. The first-order valence-corrected chi connectivity index (χ1v) is 11.3. The zero-order valence-electron chi connectivity index (χ0n) is 15.7. The van der Waals surface area contributed by atoms with Crippen molar-refractivity contribution in [2.75, 3.05) is 13.6 Å². The van der Waals surface area contributed by atoms with Crippen LogP contribution in [0.3, 0.4) is 0 Å². The Morgan fingerprint density at radius 2 is 1.45 bits per heavy atom. The van der Waals surface area contributed by atoms with Gasteiger partial charge >= 0.3 is 0 Å². The lowest BCUT2D eigenvalue weighted by Gasteiger charge is -2.33. The third kappa shape index (κ3) is 3.58.